The van der Waals surface area contributed by atoms with Gasteiger partial charge in [-0.25, -0.2) is 0 Å². The second-order valence-corrected chi connectivity index (χ2v) is 5.70. The van der Waals surface area contributed by atoms with Crippen LogP contribution in [0.15, 0.2) is 30.3 Å². The summed E-state index contributed by atoms with van der Waals surface area (Å²) in [4.78, 5) is 0. The number of likely N-dealkylation sites (N-methyl/N-ethyl adjacent to an activating group) is 1. The predicted octanol–water partition coefficient (Wildman–Crippen LogP) is 3.84. The zero-order chi connectivity index (χ0) is 15.4. The van der Waals surface area contributed by atoms with Crippen LogP contribution in [0.5, 0.6) is 0 Å². The monoisotopic (exact) mass is 285 g/mol. The first-order valence-corrected chi connectivity index (χ1v) is 7.91. The van der Waals surface area contributed by atoms with Gasteiger partial charge in [0, 0.05) is 5.69 Å². The molecule has 2 unspecified atom stereocenters. The van der Waals surface area contributed by atoms with E-state index in [1.807, 2.05) is 7.05 Å². The van der Waals surface area contributed by atoms with Gasteiger partial charge in [-0.2, -0.15) is 5.10 Å². The van der Waals surface area contributed by atoms with Gasteiger partial charge in [0.05, 0.1) is 17.8 Å². The largest absolute Gasteiger partial charge is 0.311 e. The fourth-order valence-electron chi connectivity index (χ4n) is 2.88. The second kappa shape index (κ2) is 6.90. The lowest BCUT2D eigenvalue weighted by Crippen LogP contribution is -2.27. The van der Waals surface area contributed by atoms with Crippen LogP contribution in [-0.2, 0) is 12.8 Å². The minimum Gasteiger partial charge on any atom is -0.311 e. The molecule has 0 aliphatic heterocycles. The zero-order valence-electron chi connectivity index (χ0n) is 13.9. The summed E-state index contributed by atoms with van der Waals surface area (Å²) in [6.45, 7) is 8.72. The molecule has 2 rings (SSSR count). The van der Waals surface area contributed by atoms with Crippen molar-refractivity contribution in [1.82, 2.24) is 15.1 Å². The van der Waals surface area contributed by atoms with Crippen molar-refractivity contribution in [2.75, 3.05) is 7.05 Å². The lowest BCUT2D eigenvalue weighted by Gasteiger charge is -2.26. The van der Waals surface area contributed by atoms with Crippen LogP contribution >= 0.6 is 0 Å². The third-order valence-electron chi connectivity index (χ3n) is 4.20. The molecule has 0 saturated carbocycles. The number of benzene rings is 1. The van der Waals surface area contributed by atoms with E-state index in [9.17, 15) is 0 Å². The molecule has 0 aliphatic rings. The lowest BCUT2D eigenvalue weighted by atomic mass is 9.99. The quantitative estimate of drug-likeness (QED) is 0.874. The molecule has 0 fully saturated rings. The summed E-state index contributed by atoms with van der Waals surface area (Å²) < 4.78 is 2.19. The Morgan fingerprint density at radius 3 is 2.33 bits per heavy atom. The molecule has 0 aliphatic carbocycles. The van der Waals surface area contributed by atoms with Crippen molar-refractivity contribution >= 4 is 0 Å². The van der Waals surface area contributed by atoms with Gasteiger partial charge in [-0.1, -0.05) is 43.7 Å². The first-order chi connectivity index (χ1) is 10.1. The minimum atomic E-state index is 0.264. The molecular formula is C18H27N3. The molecule has 0 bridgehead atoms. The van der Waals surface area contributed by atoms with Crippen molar-refractivity contribution in [3.05, 3.63) is 52.8 Å². The number of hydrogen-bond donors (Lipinski definition) is 1. The molecular weight excluding hydrogens is 258 g/mol. The van der Waals surface area contributed by atoms with Gasteiger partial charge in [0.25, 0.3) is 0 Å². The van der Waals surface area contributed by atoms with Crippen LogP contribution in [0.4, 0.5) is 0 Å². The highest BCUT2D eigenvalue weighted by Gasteiger charge is 2.22. The van der Waals surface area contributed by atoms with E-state index in [2.05, 4.69) is 68.0 Å². The van der Waals surface area contributed by atoms with E-state index >= 15 is 0 Å². The molecule has 1 heterocycles. The number of aromatic nitrogens is 2. The van der Waals surface area contributed by atoms with Crippen LogP contribution in [-0.4, -0.2) is 16.8 Å². The average Bonchev–Trinajstić information content (AvgIpc) is 2.93. The van der Waals surface area contributed by atoms with Gasteiger partial charge in [0.15, 0.2) is 0 Å². The lowest BCUT2D eigenvalue weighted by molar-refractivity contribution is 0.362. The van der Waals surface area contributed by atoms with Crippen molar-refractivity contribution in [3.8, 4) is 0 Å². The summed E-state index contributed by atoms with van der Waals surface area (Å²) in [5, 5.41) is 8.24. The molecule has 0 amide bonds. The second-order valence-electron chi connectivity index (χ2n) is 5.70. The third-order valence-corrected chi connectivity index (χ3v) is 4.20. The van der Waals surface area contributed by atoms with Crippen LogP contribution in [0, 0.1) is 6.92 Å². The van der Waals surface area contributed by atoms with E-state index in [0.717, 1.165) is 12.8 Å². The van der Waals surface area contributed by atoms with Crippen LogP contribution in [0.2, 0.25) is 0 Å². The van der Waals surface area contributed by atoms with Crippen LogP contribution in [0.25, 0.3) is 0 Å². The Morgan fingerprint density at radius 1 is 1.14 bits per heavy atom. The van der Waals surface area contributed by atoms with Gasteiger partial charge in [-0.05, 0) is 45.4 Å². The van der Waals surface area contributed by atoms with Gasteiger partial charge >= 0.3 is 0 Å². The van der Waals surface area contributed by atoms with Crippen LogP contribution in [0.3, 0.4) is 0 Å². The highest BCUT2D eigenvalue weighted by molar-refractivity contribution is 5.25. The van der Waals surface area contributed by atoms with Gasteiger partial charge in [-0.15, -0.1) is 0 Å². The maximum Gasteiger partial charge on any atom is 0.0688 e. The smallest absolute Gasteiger partial charge is 0.0688 e. The highest BCUT2D eigenvalue weighted by Crippen LogP contribution is 2.27. The molecule has 0 spiro atoms. The molecule has 0 saturated heterocycles. The van der Waals surface area contributed by atoms with E-state index in [4.69, 9.17) is 5.10 Å². The first-order valence-electron chi connectivity index (χ1n) is 7.91. The Balaban J connectivity index is 2.33. The van der Waals surface area contributed by atoms with Gasteiger partial charge in [0.2, 0.25) is 0 Å². The molecule has 0 radical (unpaired) electrons. The molecule has 1 aromatic heterocycles. The van der Waals surface area contributed by atoms with E-state index in [0.29, 0.717) is 0 Å². The van der Waals surface area contributed by atoms with E-state index in [1.54, 1.807) is 0 Å². The van der Waals surface area contributed by atoms with Crippen molar-refractivity contribution in [2.24, 2.45) is 0 Å². The number of aryl methyl sites for hydroxylation is 3. The molecule has 3 heteroatoms. The maximum absolute atomic E-state index is 4.79. The summed E-state index contributed by atoms with van der Waals surface area (Å²) in [6, 6.07) is 11.6. The number of hydrogen-bond acceptors (Lipinski definition) is 2. The standard InChI is InChI=1S/C18H27N3/c1-6-16-12-17(7-2)21(20-16)14(4)18(19-5)15-10-8-13(3)9-11-15/h8-12,14,18-19H,6-7H2,1-5H3. The normalized spacial score (nSPS) is 14.1. The summed E-state index contributed by atoms with van der Waals surface area (Å²) in [6.07, 6.45) is 2.00. The van der Waals surface area contributed by atoms with E-state index in [1.165, 1.54) is 22.5 Å². The molecule has 2 aromatic rings. The Labute approximate surface area is 128 Å². The zero-order valence-corrected chi connectivity index (χ0v) is 13.9. The van der Waals surface area contributed by atoms with Crippen LogP contribution in [0.1, 0.15) is 55.4 Å². The average molecular weight is 285 g/mol. The van der Waals surface area contributed by atoms with Crippen LogP contribution < -0.4 is 5.32 Å². The van der Waals surface area contributed by atoms with E-state index in [-0.39, 0.29) is 12.1 Å². The maximum atomic E-state index is 4.79. The highest BCUT2D eigenvalue weighted by atomic mass is 15.3. The topological polar surface area (TPSA) is 29.9 Å². The summed E-state index contributed by atoms with van der Waals surface area (Å²) in [5.41, 5.74) is 5.10. The predicted molar refractivity (Wildman–Crippen MR) is 88.7 cm³/mol. The number of nitrogens with zero attached hydrogens (tertiary/aromatic N) is 2. The SMILES string of the molecule is CCc1cc(CC)n(C(C)C(NC)c2ccc(C)cc2)n1. The fraction of sp³-hybridized carbons (Fsp3) is 0.500. The molecule has 1 aromatic carbocycles. The van der Waals surface area contributed by atoms with Gasteiger partial charge < -0.3 is 5.32 Å². The minimum absolute atomic E-state index is 0.264. The van der Waals surface area contributed by atoms with Crippen molar-refractivity contribution in [2.45, 2.75) is 52.6 Å². The number of rotatable bonds is 6. The third kappa shape index (κ3) is 3.35. The molecule has 1 N–H and O–H groups in total. The molecule has 3 nitrogen and oxygen atoms in total. The number of nitrogens with one attached hydrogen (secondary N) is 1. The van der Waals surface area contributed by atoms with Crippen molar-refractivity contribution < 1.29 is 0 Å². The molecule has 21 heavy (non-hydrogen) atoms. The van der Waals surface area contributed by atoms with Gasteiger partial charge in [-0.3, -0.25) is 4.68 Å². The summed E-state index contributed by atoms with van der Waals surface area (Å²) in [7, 11) is 2.02. The summed E-state index contributed by atoms with van der Waals surface area (Å²) in [5.74, 6) is 0. The van der Waals surface area contributed by atoms with Crippen molar-refractivity contribution in [1.29, 1.82) is 0 Å². The van der Waals surface area contributed by atoms with E-state index < -0.39 is 0 Å². The summed E-state index contributed by atoms with van der Waals surface area (Å²) >= 11 is 0. The first kappa shape index (κ1) is 15.8. The fourth-order valence-corrected chi connectivity index (χ4v) is 2.88. The Bertz CT molecular complexity index is 569. The Kier molecular flexibility index (Phi) is 5.18. The van der Waals surface area contributed by atoms with Crippen molar-refractivity contribution in [3.63, 3.8) is 0 Å². The Hall–Kier alpha value is -1.61. The van der Waals surface area contributed by atoms with Gasteiger partial charge in [0.1, 0.15) is 0 Å². The Morgan fingerprint density at radius 2 is 1.81 bits per heavy atom. The molecule has 114 valence electrons. The molecule has 2 atom stereocenters.